The molecular formula is C23H28FN5O2. The van der Waals surface area contributed by atoms with Crippen molar-refractivity contribution in [2.75, 3.05) is 57.3 Å². The Morgan fingerprint density at radius 2 is 1.52 bits per heavy atom. The first kappa shape index (κ1) is 21.2. The van der Waals surface area contributed by atoms with Gasteiger partial charge in [0.1, 0.15) is 11.5 Å². The maximum absolute atomic E-state index is 13.1. The van der Waals surface area contributed by atoms with Crippen LogP contribution in [0.4, 0.5) is 10.1 Å². The van der Waals surface area contributed by atoms with Crippen LogP contribution >= 0.6 is 0 Å². The smallest absolute Gasteiger partial charge is 0.272 e. The second-order valence-corrected chi connectivity index (χ2v) is 8.01. The molecule has 2 aliphatic rings. The van der Waals surface area contributed by atoms with Crippen LogP contribution in [0, 0.1) is 5.82 Å². The van der Waals surface area contributed by atoms with Crippen LogP contribution in [0.5, 0.6) is 0 Å². The number of rotatable bonds is 4. The van der Waals surface area contributed by atoms with E-state index in [1.807, 2.05) is 17.9 Å². The summed E-state index contributed by atoms with van der Waals surface area (Å²) in [4.78, 5) is 37.8. The molecule has 0 N–H and O–H groups in total. The van der Waals surface area contributed by atoms with Gasteiger partial charge >= 0.3 is 0 Å². The average molecular weight is 426 g/mol. The van der Waals surface area contributed by atoms with Gasteiger partial charge in [-0.1, -0.05) is 6.07 Å². The molecule has 2 saturated heterocycles. The second-order valence-electron chi connectivity index (χ2n) is 8.01. The van der Waals surface area contributed by atoms with Crippen LogP contribution in [0.2, 0.25) is 0 Å². The highest BCUT2D eigenvalue weighted by molar-refractivity contribution is 5.92. The topological polar surface area (TPSA) is 60.0 Å². The summed E-state index contributed by atoms with van der Waals surface area (Å²) in [6, 6.07) is 11.6. The van der Waals surface area contributed by atoms with Gasteiger partial charge in [-0.25, -0.2) is 4.39 Å². The SMILES string of the molecule is CC(C(=O)N1CCN(c2ccc(F)cc2)CC1)N1CCN(C(=O)c2ccccn2)CC1. The van der Waals surface area contributed by atoms with Crippen molar-refractivity contribution in [2.45, 2.75) is 13.0 Å². The lowest BCUT2D eigenvalue weighted by atomic mass is 10.1. The highest BCUT2D eigenvalue weighted by Gasteiger charge is 2.31. The molecule has 1 aromatic carbocycles. The van der Waals surface area contributed by atoms with E-state index < -0.39 is 0 Å². The molecule has 3 heterocycles. The number of anilines is 1. The Labute approximate surface area is 182 Å². The van der Waals surface area contributed by atoms with E-state index in [0.717, 1.165) is 18.8 Å². The second kappa shape index (κ2) is 9.43. The lowest BCUT2D eigenvalue weighted by molar-refractivity contribution is -0.137. The van der Waals surface area contributed by atoms with Crippen molar-refractivity contribution in [2.24, 2.45) is 0 Å². The van der Waals surface area contributed by atoms with Crippen molar-refractivity contribution in [1.82, 2.24) is 19.7 Å². The van der Waals surface area contributed by atoms with Gasteiger partial charge in [0.25, 0.3) is 5.91 Å². The number of hydrogen-bond donors (Lipinski definition) is 0. The van der Waals surface area contributed by atoms with Gasteiger partial charge in [0.15, 0.2) is 0 Å². The molecule has 2 aromatic rings. The number of halogens is 1. The van der Waals surface area contributed by atoms with Gasteiger partial charge in [0.05, 0.1) is 6.04 Å². The summed E-state index contributed by atoms with van der Waals surface area (Å²) >= 11 is 0. The Bertz CT molecular complexity index is 892. The van der Waals surface area contributed by atoms with Gasteiger partial charge in [-0.05, 0) is 43.3 Å². The van der Waals surface area contributed by atoms with Crippen LogP contribution in [0.15, 0.2) is 48.7 Å². The average Bonchev–Trinajstić information content (AvgIpc) is 2.84. The number of carbonyl (C=O) groups excluding carboxylic acids is 2. The maximum Gasteiger partial charge on any atom is 0.272 e. The number of amides is 2. The van der Waals surface area contributed by atoms with Crippen molar-refractivity contribution in [3.63, 3.8) is 0 Å². The van der Waals surface area contributed by atoms with E-state index in [9.17, 15) is 14.0 Å². The first-order valence-corrected chi connectivity index (χ1v) is 10.8. The third-order valence-corrected chi connectivity index (χ3v) is 6.17. The zero-order valence-corrected chi connectivity index (χ0v) is 17.8. The Morgan fingerprint density at radius 3 is 2.13 bits per heavy atom. The lowest BCUT2D eigenvalue weighted by Gasteiger charge is -2.41. The first-order chi connectivity index (χ1) is 15.0. The maximum atomic E-state index is 13.1. The number of aromatic nitrogens is 1. The summed E-state index contributed by atoms with van der Waals surface area (Å²) in [5, 5.41) is 0. The van der Waals surface area contributed by atoms with Crippen molar-refractivity contribution in [3.05, 3.63) is 60.2 Å². The molecule has 1 atom stereocenters. The summed E-state index contributed by atoms with van der Waals surface area (Å²) in [7, 11) is 0. The third-order valence-electron chi connectivity index (χ3n) is 6.17. The van der Waals surface area contributed by atoms with E-state index in [2.05, 4.69) is 14.8 Å². The van der Waals surface area contributed by atoms with Crippen LogP contribution in [-0.2, 0) is 4.79 Å². The van der Waals surface area contributed by atoms with Gasteiger partial charge in [-0.2, -0.15) is 0 Å². The van der Waals surface area contributed by atoms with Crippen LogP contribution in [0.3, 0.4) is 0 Å². The van der Waals surface area contributed by atoms with Gasteiger partial charge in [0, 0.05) is 64.2 Å². The molecule has 0 saturated carbocycles. The molecular weight excluding hydrogens is 397 g/mol. The number of benzene rings is 1. The van der Waals surface area contributed by atoms with E-state index in [0.29, 0.717) is 45.0 Å². The Kier molecular flexibility index (Phi) is 6.46. The van der Waals surface area contributed by atoms with Crippen LogP contribution < -0.4 is 4.90 Å². The molecule has 7 nitrogen and oxygen atoms in total. The minimum atomic E-state index is -0.242. The standard InChI is InChI=1S/C23H28FN5O2/c1-18(26-10-14-29(15-11-26)23(31)21-4-2-3-9-25-21)22(30)28-16-12-27(13-17-28)20-7-5-19(24)6-8-20/h2-9,18H,10-17H2,1H3. The molecule has 0 radical (unpaired) electrons. The van der Waals surface area contributed by atoms with Gasteiger partial charge < -0.3 is 14.7 Å². The van der Waals surface area contributed by atoms with E-state index >= 15 is 0 Å². The molecule has 8 heteroatoms. The monoisotopic (exact) mass is 425 g/mol. The minimum absolute atomic E-state index is 0.0591. The fourth-order valence-corrected chi connectivity index (χ4v) is 4.22. The van der Waals surface area contributed by atoms with Crippen LogP contribution in [-0.4, -0.2) is 89.9 Å². The molecule has 1 aromatic heterocycles. The molecule has 1 unspecified atom stereocenters. The molecule has 2 amide bonds. The zero-order chi connectivity index (χ0) is 21.8. The number of pyridine rings is 1. The molecule has 2 aliphatic heterocycles. The molecule has 4 rings (SSSR count). The molecule has 2 fully saturated rings. The number of carbonyl (C=O) groups is 2. The van der Waals surface area contributed by atoms with Gasteiger partial charge in [-0.15, -0.1) is 0 Å². The molecule has 31 heavy (non-hydrogen) atoms. The number of piperazine rings is 2. The van der Waals surface area contributed by atoms with Crippen molar-refractivity contribution in [3.8, 4) is 0 Å². The Hall–Kier alpha value is -3.00. The van der Waals surface area contributed by atoms with E-state index in [1.54, 1.807) is 35.4 Å². The van der Waals surface area contributed by atoms with Crippen molar-refractivity contribution < 1.29 is 14.0 Å². The summed E-state index contributed by atoms with van der Waals surface area (Å²) < 4.78 is 13.1. The summed E-state index contributed by atoms with van der Waals surface area (Å²) in [5.41, 5.74) is 1.44. The fraction of sp³-hybridized carbons (Fsp3) is 0.435. The minimum Gasteiger partial charge on any atom is -0.368 e. The zero-order valence-electron chi connectivity index (χ0n) is 17.8. The fourth-order valence-electron chi connectivity index (χ4n) is 4.22. The third kappa shape index (κ3) is 4.85. The molecule has 0 bridgehead atoms. The summed E-state index contributed by atoms with van der Waals surface area (Å²) in [6.07, 6.45) is 1.63. The molecule has 0 spiro atoms. The Morgan fingerprint density at radius 1 is 0.871 bits per heavy atom. The van der Waals surface area contributed by atoms with Crippen LogP contribution in [0.25, 0.3) is 0 Å². The normalized spacial score (nSPS) is 18.7. The quantitative estimate of drug-likeness (QED) is 0.747. The van der Waals surface area contributed by atoms with Crippen molar-refractivity contribution in [1.29, 1.82) is 0 Å². The van der Waals surface area contributed by atoms with E-state index in [-0.39, 0.29) is 23.7 Å². The molecule has 0 aliphatic carbocycles. The highest BCUT2D eigenvalue weighted by Crippen LogP contribution is 2.18. The number of hydrogen-bond acceptors (Lipinski definition) is 5. The van der Waals surface area contributed by atoms with E-state index in [4.69, 9.17) is 0 Å². The highest BCUT2D eigenvalue weighted by atomic mass is 19.1. The Balaban J connectivity index is 1.26. The van der Waals surface area contributed by atoms with Gasteiger partial charge in [0.2, 0.25) is 5.91 Å². The van der Waals surface area contributed by atoms with Gasteiger partial charge in [-0.3, -0.25) is 19.5 Å². The van der Waals surface area contributed by atoms with E-state index in [1.165, 1.54) is 12.1 Å². The predicted octanol–water partition coefficient (Wildman–Crippen LogP) is 1.72. The lowest BCUT2D eigenvalue weighted by Crippen LogP contribution is -2.58. The molecule has 164 valence electrons. The van der Waals surface area contributed by atoms with Crippen molar-refractivity contribution >= 4 is 17.5 Å². The number of nitrogens with zero attached hydrogens (tertiary/aromatic N) is 5. The van der Waals surface area contributed by atoms with Crippen LogP contribution in [0.1, 0.15) is 17.4 Å². The summed E-state index contributed by atoms with van der Waals surface area (Å²) in [5.74, 6) is -0.173. The first-order valence-electron chi connectivity index (χ1n) is 10.8. The predicted molar refractivity (Wildman–Crippen MR) is 116 cm³/mol. The summed E-state index contributed by atoms with van der Waals surface area (Å²) in [6.45, 7) is 7.23. The largest absolute Gasteiger partial charge is 0.368 e.